The zero-order chi connectivity index (χ0) is 24.6. The summed E-state index contributed by atoms with van der Waals surface area (Å²) in [4.78, 5) is 12.4. The van der Waals surface area contributed by atoms with Gasteiger partial charge >= 0.3 is 0 Å². The summed E-state index contributed by atoms with van der Waals surface area (Å²) in [6.07, 6.45) is 21.4. The van der Waals surface area contributed by atoms with Crippen molar-refractivity contribution in [2.24, 2.45) is 11.7 Å². The largest absolute Gasteiger partial charge is 0.396 e. The van der Waals surface area contributed by atoms with E-state index in [9.17, 15) is 20.1 Å². The van der Waals surface area contributed by atoms with Crippen LogP contribution in [0.15, 0.2) is 0 Å². The predicted octanol–water partition coefficient (Wildman–Crippen LogP) is 6.06. The first-order valence-corrected chi connectivity index (χ1v) is 14.3. The number of aliphatic hydroxyl groups excluding tert-OH is 3. The average Bonchev–Trinajstić information content (AvgIpc) is 2.79. The maximum atomic E-state index is 12.4. The Balaban J connectivity index is 3.70. The zero-order valence-electron chi connectivity index (χ0n) is 21.8. The number of nitrogens with two attached hydrogens (primary N) is 1. The van der Waals surface area contributed by atoms with Crippen LogP contribution < -0.4 is 5.73 Å². The molecule has 0 saturated carbocycles. The Bertz CT molecular complexity index is 419. The van der Waals surface area contributed by atoms with Crippen molar-refractivity contribution in [2.45, 2.75) is 154 Å². The third kappa shape index (κ3) is 20.6. The fraction of sp³-hybridized carbons (Fsp3) is 0.964. The SMILES string of the molecule is CCCCCCCC(O)CC(=O)[C@@H](CO)[C@H](O)CCCCCCCCCCCCCCCN. The summed E-state index contributed by atoms with van der Waals surface area (Å²) >= 11 is 0. The van der Waals surface area contributed by atoms with Crippen LogP contribution in [-0.2, 0) is 4.79 Å². The van der Waals surface area contributed by atoms with Crippen LogP contribution in [-0.4, -0.2) is 46.5 Å². The van der Waals surface area contributed by atoms with E-state index in [1.54, 1.807) is 0 Å². The van der Waals surface area contributed by atoms with Crippen LogP contribution in [0.1, 0.15) is 142 Å². The third-order valence-electron chi connectivity index (χ3n) is 6.86. The molecule has 0 aliphatic heterocycles. The van der Waals surface area contributed by atoms with Crippen molar-refractivity contribution in [3.63, 3.8) is 0 Å². The van der Waals surface area contributed by atoms with E-state index in [1.165, 1.54) is 83.5 Å². The van der Waals surface area contributed by atoms with E-state index in [-0.39, 0.29) is 18.8 Å². The first-order valence-electron chi connectivity index (χ1n) is 14.3. The molecule has 0 aromatic rings. The van der Waals surface area contributed by atoms with Crippen molar-refractivity contribution in [1.29, 1.82) is 0 Å². The number of rotatable bonds is 26. The van der Waals surface area contributed by atoms with Gasteiger partial charge in [-0.2, -0.15) is 0 Å². The molecule has 33 heavy (non-hydrogen) atoms. The number of Topliss-reactive ketones (excluding diaryl/α,β-unsaturated/α-hetero) is 1. The van der Waals surface area contributed by atoms with Crippen molar-refractivity contribution in [2.75, 3.05) is 13.2 Å². The van der Waals surface area contributed by atoms with Gasteiger partial charge in [-0.3, -0.25) is 4.79 Å². The Morgan fingerprint density at radius 1 is 0.667 bits per heavy atom. The lowest BCUT2D eigenvalue weighted by atomic mass is 9.90. The Morgan fingerprint density at radius 3 is 1.55 bits per heavy atom. The van der Waals surface area contributed by atoms with Gasteiger partial charge in [-0.25, -0.2) is 0 Å². The highest BCUT2D eigenvalue weighted by Gasteiger charge is 2.27. The minimum absolute atomic E-state index is 0.0454. The van der Waals surface area contributed by atoms with Crippen LogP contribution in [0.4, 0.5) is 0 Å². The van der Waals surface area contributed by atoms with Gasteiger partial charge < -0.3 is 21.1 Å². The molecule has 0 rings (SSSR count). The van der Waals surface area contributed by atoms with Crippen molar-refractivity contribution in [3.05, 3.63) is 0 Å². The molecule has 0 aromatic heterocycles. The maximum absolute atomic E-state index is 12.4. The number of carbonyl (C=O) groups excluding carboxylic acids is 1. The van der Waals surface area contributed by atoms with Crippen molar-refractivity contribution in [1.82, 2.24) is 0 Å². The predicted molar refractivity (Wildman–Crippen MR) is 139 cm³/mol. The molecule has 0 saturated heterocycles. The summed E-state index contributed by atoms with van der Waals surface area (Å²) in [6.45, 7) is 2.66. The molecular weight excluding hydrogens is 414 g/mol. The van der Waals surface area contributed by atoms with Gasteiger partial charge in [0.15, 0.2) is 0 Å². The van der Waals surface area contributed by atoms with Crippen molar-refractivity contribution >= 4 is 5.78 Å². The fourth-order valence-corrected chi connectivity index (χ4v) is 4.55. The summed E-state index contributed by atoms with van der Waals surface area (Å²) in [6, 6.07) is 0. The number of hydrogen-bond donors (Lipinski definition) is 4. The molecule has 0 heterocycles. The molecular formula is C28H57NO4. The second kappa shape index (κ2) is 24.6. The van der Waals surface area contributed by atoms with Gasteiger partial charge in [-0.15, -0.1) is 0 Å². The molecule has 0 aliphatic rings. The lowest BCUT2D eigenvalue weighted by Crippen LogP contribution is -2.33. The smallest absolute Gasteiger partial charge is 0.143 e. The second-order valence-electron chi connectivity index (χ2n) is 10.1. The highest BCUT2D eigenvalue weighted by molar-refractivity contribution is 5.82. The van der Waals surface area contributed by atoms with Crippen LogP contribution in [0, 0.1) is 5.92 Å². The molecule has 5 heteroatoms. The van der Waals surface area contributed by atoms with E-state index in [0.29, 0.717) is 12.8 Å². The molecule has 0 bridgehead atoms. The van der Waals surface area contributed by atoms with Gasteiger partial charge in [-0.1, -0.05) is 116 Å². The van der Waals surface area contributed by atoms with Crippen LogP contribution in [0.5, 0.6) is 0 Å². The quantitative estimate of drug-likeness (QED) is 0.115. The molecule has 5 nitrogen and oxygen atoms in total. The van der Waals surface area contributed by atoms with Gasteiger partial charge in [0.05, 0.1) is 24.7 Å². The van der Waals surface area contributed by atoms with E-state index in [1.807, 2.05) is 0 Å². The minimum Gasteiger partial charge on any atom is -0.396 e. The fourth-order valence-electron chi connectivity index (χ4n) is 4.55. The Labute approximate surface area is 204 Å². The standard InChI is InChI=1S/C28H57NO4/c1-2-3-4-14-17-20-25(31)23-28(33)26(24-30)27(32)21-18-15-12-10-8-6-5-7-9-11-13-16-19-22-29/h25-27,30-32H,2-24,29H2,1H3/t25?,26-,27+/m0/s1. The van der Waals surface area contributed by atoms with Crippen LogP contribution >= 0.6 is 0 Å². The van der Waals surface area contributed by atoms with E-state index < -0.39 is 18.1 Å². The van der Waals surface area contributed by atoms with Crippen LogP contribution in [0.3, 0.4) is 0 Å². The highest BCUT2D eigenvalue weighted by atomic mass is 16.3. The van der Waals surface area contributed by atoms with E-state index >= 15 is 0 Å². The van der Waals surface area contributed by atoms with Gasteiger partial charge in [0, 0.05) is 6.42 Å². The summed E-state index contributed by atoms with van der Waals surface area (Å²) in [7, 11) is 0. The van der Waals surface area contributed by atoms with Crippen LogP contribution in [0.25, 0.3) is 0 Å². The maximum Gasteiger partial charge on any atom is 0.143 e. The number of unbranched alkanes of at least 4 members (excludes halogenated alkanes) is 16. The van der Waals surface area contributed by atoms with E-state index in [4.69, 9.17) is 5.73 Å². The van der Waals surface area contributed by atoms with Gasteiger partial charge in [0.2, 0.25) is 0 Å². The van der Waals surface area contributed by atoms with Crippen molar-refractivity contribution in [3.8, 4) is 0 Å². The lowest BCUT2D eigenvalue weighted by molar-refractivity contribution is -0.130. The van der Waals surface area contributed by atoms with E-state index in [0.717, 1.165) is 38.6 Å². The van der Waals surface area contributed by atoms with E-state index in [2.05, 4.69) is 6.92 Å². The Kier molecular flexibility index (Phi) is 24.3. The number of aliphatic hydroxyl groups is 3. The highest BCUT2D eigenvalue weighted by Crippen LogP contribution is 2.18. The number of carbonyl (C=O) groups is 1. The summed E-state index contributed by atoms with van der Waals surface area (Å²) in [5, 5.41) is 30.1. The van der Waals surface area contributed by atoms with Crippen molar-refractivity contribution < 1.29 is 20.1 Å². The average molecular weight is 472 g/mol. The minimum atomic E-state index is -0.802. The molecule has 0 amide bonds. The van der Waals surface area contributed by atoms with Crippen LogP contribution in [0.2, 0.25) is 0 Å². The topological polar surface area (TPSA) is 104 Å². The monoisotopic (exact) mass is 471 g/mol. The van der Waals surface area contributed by atoms with Gasteiger partial charge in [0.1, 0.15) is 5.78 Å². The van der Waals surface area contributed by atoms with Gasteiger partial charge in [-0.05, 0) is 25.8 Å². The molecule has 0 aliphatic carbocycles. The molecule has 0 radical (unpaired) electrons. The molecule has 1 unspecified atom stereocenters. The second-order valence-corrected chi connectivity index (χ2v) is 10.1. The molecule has 3 atom stereocenters. The molecule has 0 spiro atoms. The molecule has 0 fully saturated rings. The third-order valence-corrected chi connectivity index (χ3v) is 6.86. The van der Waals surface area contributed by atoms with Gasteiger partial charge in [0.25, 0.3) is 0 Å². The number of ketones is 1. The molecule has 198 valence electrons. The Morgan fingerprint density at radius 2 is 1.09 bits per heavy atom. The number of hydrogen-bond acceptors (Lipinski definition) is 5. The first-order chi connectivity index (χ1) is 16.1. The summed E-state index contributed by atoms with van der Waals surface area (Å²) < 4.78 is 0. The lowest BCUT2D eigenvalue weighted by Gasteiger charge is -2.21. The Hall–Kier alpha value is -0.490. The summed E-state index contributed by atoms with van der Waals surface area (Å²) in [5.74, 6) is -0.958. The normalized spacial score (nSPS) is 14.3. The summed E-state index contributed by atoms with van der Waals surface area (Å²) in [5.41, 5.74) is 5.51. The zero-order valence-corrected chi connectivity index (χ0v) is 21.8. The molecule has 5 N–H and O–H groups in total. The first kappa shape index (κ1) is 32.5. The molecule has 0 aromatic carbocycles.